The molecular weight excluding hydrogens is 316 g/mol. The minimum Gasteiger partial charge on any atom is -0.414 e. The van der Waals surface area contributed by atoms with E-state index >= 15 is 0 Å². The van der Waals surface area contributed by atoms with Crippen molar-refractivity contribution in [2.24, 2.45) is 0 Å². The number of nitrogen functional groups attached to an aromatic ring is 1. The van der Waals surface area contributed by atoms with Crippen LogP contribution in [-0.4, -0.2) is 29.0 Å². The van der Waals surface area contributed by atoms with E-state index < -0.39 is 8.32 Å². The van der Waals surface area contributed by atoms with E-state index in [1.165, 1.54) is 12.0 Å². The summed E-state index contributed by atoms with van der Waals surface area (Å²) in [4.78, 5) is 4.07. The minimum absolute atomic E-state index is 0.274. The summed E-state index contributed by atoms with van der Waals surface area (Å²) in [5.74, 6) is 1.08. The van der Waals surface area contributed by atoms with Gasteiger partial charge in [0.15, 0.2) is 14.1 Å². The molecule has 6 heteroatoms. The van der Waals surface area contributed by atoms with Gasteiger partial charge in [0, 0.05) is 17.7 Å². The zero-order valence-corrected chi connectivity index (χ0v) is 16.5. The second kappa shape index (κ2) is 6.15. The van der Waals surface area contributed by atoms with E-state index in [9.17, 15) is 0 Å². The molecule has 0 unspecified atom stereocenters. The molecule has 1 fully saturated rings. The van der Waals surface area contributed by atoms with Crippen LogP contribution in [0.2, 0.25) is 18.1 Å². The van der Waals surface area contributed by atoms with Crippen LogP contribution in [0.1, 0.15) is 58.1 Å². The number of aromatic nitrogens is 3. The predicted octanol–water partition coefficient (Wildman–Crippen LogP) is 4.36. The highest BCUT2D eigenvalue weighted by Gasteiger charge is 2.40. The third kappa shape index (κ3) is 3.22. The van der Waals surface area contributed by atoms with Gasteiger partial charge in [-0.1, -0.05) is 20.8 Å². The summed E-state index contributed by atoms with van der Waals surface area (Å²) < 4.78 is 8.56. The van der Waals surface area contributed by atoms with Gasteiger partial charge in [-0.05, 0) is 55.9 Å². The Balaban J connectivity index is 1.68. The van der Waals surface area contributed by atoms with E-state index in [4.69, 9.17) is 10.2 Å². The number of nitrogens with zero attached hydrogens (tertiary/aromatic N) is 3. The van der Waals surface area contributed by atoms with Gasteiger partial charge >= 0.3 is 0 Å². The summed E-state index contributed by atoms with van der Waals surface area (Å²) >= 11 is 0. The van der Waals surface area contributed by atoms with Crippen LogP contribution in [0.3, 0.4) is 0 Å². The van der Waals surface area contributed by atoms with Crippen molar-refractivity contribution in [1.29, 1.82) is 0 Å². The van der Waals surface area contributed by atoms with Crippen molar-refractivity contribution in [2.45, 2.75) is 76.6 Å². The Labute approximate surface area is 145 Å². The first-order valence-electron chi connectivity index (χ1n) is 8.95. The first kappa shape index (κ1) is 17.4. The van der Waals surface area contributed by atoms with Crippen molar-refractivity contribution in [1.82, 2.24) is 14.6 Å². The fourth-order valence-corrected chi connectivity index (χ4v) is 4.77. The zero-order valence-electron chi connectivity index (χ0n) is 15.5. The van der Waals surface area contributed by atoms with Crippen molar-refractivity contribution in [3.63, 3.8) is 0 Å². The van der Waals surface area contributed by atoms with Gasteiger partial charge in [0.05, 0.1) is 0 Å². The van der Waals surface area contributed by atoms with E-state index in [2.05, 4.69) is 50.0 Å². The standard InChI is InChI=1S/C18H30N4OSi/c1-18(2,3)24(4,5)23-14-8-6-13(7-9-14)15-10-11-16-17(19)20-12-21-22(15)16/h10-14H,6-9H2,1-5H3,(H2,19,20,21). The Morgan fingerprint density at radius 1 is 1.17 bits per heavy atom. The summed E-state index contributed by atoms with van der Waals surface area (Å²) in [5.41, 5.74) is 8.11. The largest absolute Gasteiger partial charge is 0.414 e. The Morgan fingerprint density at radius 2 is 1.83 bits per heavy atom. The van der Waals surface area contributed by atoms with E-state index in [1.54, 1.807) is 0 Å². The van der Waals surface area contributed by atoms with Gasteiger partial charge in [-0.25, -0.2) is 9.50 Å². The molecular formula is C18H30N4OSi. The van der Waals surface area contributed by atoms with Crippen molar-refractivity contribution >= 4 is 19.7 Å². The number of nitrogens with two attached hydrogens (primary N) is 1. The topological polar surface area (TPSA) is 65.4 Å². The summed E-state index contributed by atoms with van der Waals surface area (Å²) in [6.07, 6.45) is 6.51. The van der Waals surface area contributed by atoms with Gasteiger partial charge in [-0.2, -0.15) is 5.10 Å². The number of hydrogen-bond donors (Lipinski definition) is 1. The molecule has 2 aromatic rings. The Kier molecular flexibility index (Phi) is 4.46. The highest BCUT2D eigenvalue weighted by atomic mass is 28.4. The fourth-order valence-electron chi connectivity index (χ4n) is 3.35. The smallest absolute Gasteiger partial charge is 0.192 e. The maximum Gasteiger partial charge on any atom is 0.192 e. The molecule has 132 valence electrons. The average Bonchev–Trinajstić information content (AvgIpc) is 2.92. The maximum absolute atomic E-state index is 6.60. The summed E-state index contributed by atoms with van der Waals surface area (Å²) in [6, 6.07) is 4.18. The van der Waals surface area contributed by atoms with Crippen molar-refractivity contribution in [2.75, 3.05) is 5.73 Å². The molecule has 1 aliphatic carbocycles. The lowest BCUT2D eigenvalue weighted by Crippen LogP contribution is -2.44. The van der Waals surface area contributed by atoms with Crippen molar-refractivity contribution in [3.05, 3.63) is 24.2 Å². The molecule has 5 nitrogen and oxygen atoms in total. The van der Waals surface area contributed by atoms with Gasteiger partial charge < -0.3 is 10.2 Å². The number of anilines is 1. The highest BCUT2D eigenvalue weighted by Crippen LogP contribution is 2.41. The molecule has 0 aliphatic heterocycles. The third-order valence-electron chi connectivity index (χ3n) is 5.87. The van der Waals surface area contributed by atoms with Gasteiger partial charge in [-0.3, -0.25) is 0 Å². The lowest BCUT2D eigenvalue weighted by atomic mass is 9.85. The molecule has 0 amide bonds. The molecule has 3 rings (SSSR count). The second-order valence-electron chi connectivity index (χ2n) is 8.55. The monoisotopic (exact) mass is 346 g/mol. The molecule has 2 N–H and O–H groups in total. The molecule has 0 aromatic carbocycles. The summed E-state index contributed by atoms with van der Waals surface area (Å²) in [7, 11) is -1.67. The maximum atomic E-state index is 6.60. The number of rotatable bonds is 3. The van der Waals surface area contributed by atoms with Gasteiger partial charge in [0.25, 0.3) is 0 Å². The van der Waals surface area contributed by atoms with Gasteiger partial charge in [-0.15, -0.1) is 0 Å². The van der Waals surface area contributed by atoms with Gasteiger partial charge in [0.2, 0.25) is 0 Å². The zero-order chi connectivity index (χ0) is 17.5. The average molecular weight is 347 g/mol. The SMILES string of the molecule is CC(C)(C)[Si](C)(C)OC1CCC(c2ccc3c(N)ncnn23)CC1. The second-order valence-corrected chi connectivity index (χ2v) is 13.3. The molecule has 0 spiro atoms. The third-order valence-corrected chi connectivity index (χ3v) is 10.4. The van der Waals surface area contributed by atoms with Crippen LogP contribution in [0.4, 0.5) is 5.82 Å². The lowest BCUT2D eigenvalue weighted by Gasteiger charge is -2.41. The van der Waals surface area contributed by atoms with Crippen LogP contribution in [0.25, 0.3) is 5.52 Å². The molecule has 0 saturated heterocycles. The van der Waals surface area contributed by atoms with Crippen LogP contribution in [-0.2, 0) is 4.43 Å². The van der Waals surface area contributed by atoms with Crippen LogP contribution >= 0.6 is 0 Å². The van der Waals surface area contributed by atoms with E-state index in [0.717, 1.165) is 31.2 Å². The molecule has 0 bridgehead atoms. The molecule has 0 atom stereocenters. The quantitative estimate of drug-likeness (QED) is 0.839. The lowest BCUT2D eigenvalue weighted by molar-refractivity contribution is 0.129. The first-order valence-corrected chi connectivity index (χ1v) is 11.9. The van der Waals surface area contributed by atoms with E-state index in [-0.39, 0.29) is 5.04 Å². The van der Waals surface area contributed by atoms with Crippen LogP contribution in [0, 0.1) is 0 Å². The molecule has 0 radical (unpaired) electrons. The van der Waals surface area contributed by atoms with Gasteiger partial charge in [0.1, 0.15) is 11.8 Å². The highest BCUT2D eigenvalue weighted by molar-refractivity contribution is 6.74. The first-order chi connectivity index (χ1) is 11.2. The molecule has 24 heavy (non-hydrogen) atoms. The Morgan fingerprint density at radius 3 is 2.46 bits per heavy atom. The van der Waals surface area contributed by atoms with Crippen molar-refractivity contribution in [3.8, 4) is 0 Å². The van der Waals surface area contributed by atoms with Crippen LogP contribution < -0.4 is 5.73 Å². The van der Waals surface area contributed by atoms with Crippen molar-refractivity contribution < 1.29 is 4.43 Å². The molecule has 2 heterocycles. The molecule has 2 aromatic heterocycles. The van der Waals surface area contributed by atoms with E-state index in [0.29, 0.717) is 17.8 Å². The normalized spacial score (nSPS) is 22.9. The molecule has 1 saturated carbocycles. The number of fused-ring (bicyclic) bond motifs is 1. The Bertz CT molecular complexity index is 711. The predicted molar refractivity (Wildman–Crippen MR) is 101 cm³/mol. The summed E-state index contributed by atoms with van der Waals surface area (Å²) in [6.45, 7) is 11.6. The Hall–Kier alpha value is -1.40. The van der Waals surface area contributed by atoms with Crippen LogP contribution in [0.5, 0.6) is 0 Å². The van der Waals surface area contributed by atoms with Crippen LogP contribution in [0.15, 0.2) is 18.5 Å². The van der Waals surface area contributed by atoms with E-state index in [1.807, 2.05) is 10.6 Å². The minimum atomic E-state index is -1.67. The fraction of sp³-hybridized carbons (Fsp3) is 0.667. The number of hydrogen-bond acceptors (Lipinski definition) is 4. The summed E-state index contributed by atoms with van der Waals surface area (Å²) in [5, 5.41) is 4.66. The molecule has 1 aliphatic rings.